The number of carbonyl (C=O) groups excluding carboxylic acids is 1. The number of esters is 1. The fraction of sp³-hybridized carbons (Fsp3) is 0.353. The van der Waals surface area contributed by atoms with E-state index in [1.54, 1.807) is 17.0 Å². The number of methoxy groups -OCH3 is 1. The molecule has 1 atom stereocenters. The molecule has 1 saturated carbocycles. The minimum atomic E-state index is -0.661. The van der Waals surface area contributed by atoms with Crippen molar-refractivity contribution in [3.05, 3.63) is 58.4 Å². The van der Waals surface area contributed by atoms with E-state index in [0.29, 0.717) is 5.56 Å². The second kappa shape index (κ2) is 6.82. The number of ether oxygens (including phenoxy) is 1. The van der Waals surface area contributed by atoms with Crippen LogP contribution in [0.1, 0.15) is 30.4 Å². The number of rotatable bonds is 6. The van der Waals surface area contributed by atoms with Crippen molar-refractivity contribution in [3.63, 3.8) is 0 Å². The molecule has 0 bridgehead atoms. The molecule has 0 aliphatic heterocycles. The van der Waals surface area contributed by atoms with E-state index in [9.17, 15) is 14.0 Å². The first kappa shape index (κ1) is 16.2. The van der Waals surface area contributed by atoms with Crippen molar-refractivity contribution in [1.82, 2.24) is 9.55 Å². The summed E-state index contributed by atoms with van der Waals surface area (Å²) < 4.78 is 19.5. The zero-order valence-corrected chi connectivity index (χ0v) is 13.2. The first-order valence-electron chi connectivity index (χ1n) is 7.74. The van der Waals surface area contributed by atoms with Gasteiger partial charge in [0.15, 0.2) is 5.82 Å². The molecule has 0 saturated heterocycles. The second-order valence-electron chi connectivity index (χ2n) is 5.73. The van der Waals surface area contributed by atoms with E-state index in [4.69, 9.17) is 4.74 Å². The number of nitrogens with zero attached hydrogens (tertiary/aromatic N) is 2. The van der Waals surface area contributed by atoms with Gasteiger partial charge in [-0.15, -0.1) is 0 Å². The van der Waals surface area contributed by atoms with Crippen LogP contribution in [-0.4, -0.2) is 29.2 Å². The molecule has 1 aromatic heterocycles. The number of benzene rings is 1. The quantitative estimate of drug-likeness (QED) is 0.821. The monoisotopic (exact) mass is 331 g/mol. The summed E-state index contributed by atoms with van der Waals surface area (Å²) in [5.41, 5.74) is 0.400. The largest absolute Gasteiger partial charge is 0.468 e. The number of aromatic nitrogens is 2. The Balaban J connectivity index is 1.79. The molecule has 0 radical (unpaired) electrons. The van der Waals surface area contributed by atoms with E-state index in [0.717, 1.165) is 12.8 Å². The molecule has 1 N–H and O–H groups in total. The predicted octanol–water partition coefficient (Wildman–Crippen LogP) is 2.09. The Labute approximate surface area is 138 Å². The molecular formula is C17H18FN3O3. The van der Waals surface area contributed by atoms with E-state index in [-0.39, 0.29) is 29.8 Å². The SMILES string of the molecule is COC(=O)C(CNc1nccn(C2CC2)c1=O)c1ccc(F)cc1. The molecule has 1 aliphatic carbocycles. The third-order valence-electron chi connectivity index (χ3n) is 4.04. The maximum Gasteiger partial charge on any atom is 0.314 e. The minimum Gasteiger partial charge on any atom is -0.468 e. The molecule has 2 aromatic rings. The van der Waals surface area contributed by atoms with Gasteiger partial charge in [-0.05, 0) is 30.5 Å². The highest BCUT2D eigenvalue weighted by Gasteiger charge is 2.26. The average molecular weight is 331 g/mol. The van der Waals surface area contributed by atoms with Crippen molar-refractivity contribution in [2.75, 3.05) is 19.0 Å². The lowest BCUT2D eigenvalue weighted by atomic mass is 9.99. The molecule has 24 heavy (non-hydrogen) atoms. The topological polar surface area (TPSA) is 73.2 Å². The van der Waals surface area contributed by atoms with Gasteiger partial charge in [0.25, 0.3) is 5.56 Å². The normalized spacial score (nSPS) is 14.9. The van der Waals surface area contributed by atoms with Crippen LogP contribution < -0.4 is 10.9 Å². The summed E-state index contributed by atoms with van der Waals surface area (Å²) in [6.07, 6.45) is 5.21. The summed E-state index contributed by atoms with van der Waals surface area (Å²) in [4.78, 5) is 28.4. The summed E-state index contributed by atoms with van der Waals surface area (Å²) in [5, 5.41) is 2.93. The molecule has 0 spiro atoms. The van der Waals surface area contributed by atoms with E-state index in [1.165, 1.54) is 31.4 Å². The number of halogens is 1. The zero-order valence-electron chi connectivity index (χ0n) is 13.2. The summed E-state index contributed by atoms with van der Waals surface area (Å²) in [6, 6.07) is 5.87. The fourth-order valence-electron chi connectivity index (χ4n) is 2.56. The molecule has 1 aliphatic rings. The van der Waals surface area contributed by atoms with Gasteiger partial charge in [-0.1, -0.05) is 12.1 Å². The first-order valence-corrected chi connectivity index (χ1v) is 7.74. The van der Waals surface area contributed by atoms with Gasteiger partial charge in [-0.25, -0.2) is 9.37 Å². The number of anilines is 1. The van der Waals surface area contributed by atoms with Crippen LogP contribution in [-0.2, 0) is 9.53 Å². The van der Waals surface area contributed by atoms with Gasteiger partial charge in [0.05, 0.1) is 13.0 Å². The highest BCUT2D eigenvalue weighted by atomic mass is 19.1. The van der Waals surface area contributed by atoms with E-state index >= 15 is 0 Å². The van der Waals surface area contributed by atoms with Gasteiger partial charge < -0.3 is 14.6 Å². The standard InChI is InChI=1S/C17H18FN3O3/c1-24-17(23)14(11-2-4-12(18)5-3-11)10-20-15-16(22)21(9-8-19-15)13-6-7-13/h2-5,8-9,13-14H,6-7,10H2,1H3,(H,19,20). The molecule has 1 aromatic carbocycles. The highest BCUT2D eigenvalue weighted by Crippen LogP contribution is 2.33. The van der Waals surface area contributed by atoms with Gasteiger partial charge in [0.1, 0.15) is 5.82 Å². The lowest BCUT2D eigenvalue weighted by Gasteiger charge is -2.16. The zero-order chi connectivity index (χ0) is 17.1. The van der Waals surface area contributed by atoms with Crippen molar-refractivity contribution in [2.24, 2.45) is 0 Å². The third kappa shape index (κ3) is 3.45. The molecule has 1 unspecified atom stereocenters. The van der Waals surface area contributed by atoms with Crippen molar-refractivity contribution in [3.8, 4) is 0 Å². The molecule has 1 heterocycles. The molecule has 3 rings (SSSR count). The summed E-state index contributed by atoms with van der Waals surface area (Å²) in [6.45, 7) is 0.134. The second-order valence-corrected chi connectivity index (χ2v) is 5.73. The van der Waals surface area contributed by atoms with Crippen LogP contribution in [0.15, 0.2) is 41.5 Å². The average Bonchev–Trinajstić information content (AvgIpc) is 3.42. The smallest absolute Gasteiger partial charge is 0.314 e. The summed E-state index contributed by atoms with van der Waals surface area (Å²) in [7, 11) is 1.29. The van der Waals surface area contributed by atoms with Gasteiger partial charge in [-0.3, -0.25) is 9.59 Å². The first-order chi connectivity index (χ1) is 11.6. The number of hydrogen-bond acceptors (Lipinski definition) is 5. The highest BCUT2D eigenvalue weighted by molar-refractivity contribution is 5.78. The Hall–Kier alpha value is -2.70. The van der Waals surface area contributed by atoms with Crippen molar-refractivity contribution >= 4 is 11.8 Å². The lowest BCUT2D eigenvalue weighted by Crippen LogP contribution is -2.28. The van der Waals surface area contributed by atoms with Crippen LogP contribution in [0.25, 0.3) is 0 Å². The number of carbonyl (C=O) groups is 1. The maximum atomic E-state index is 13.1. The Bertz CT molecular complexity index is 784. The molecular weight excluding hydrogens is 313 g/mol. The van der Waals surface area contributed by atoms with Crippen molar-refractivity contribution < 1.29 is 13.9 Å². The Morgan fingerprint density at radius 2 is 2.12 bits per heavy atom. The van der Waals surface area contributed by atoms with Gasteiger partial charge >= 0.3 is 5.97 Å². The molecule has 1 fully saturated rings. The predicted molar refractivity (Wildman–Crippen MR) is 86.4 cm³/mol. The Morgan fingerprint density at radius 3 is 2.75 bits per heavy atom. The van der Waals surface area contributed by atoms with E-state index < -0.39 is 11.9 Å². The third-order valence-corrected chi connectivity index (χ3v) is 4.04. The maximum absolute atomic E-state index is 13.1. The van der Waals surface area contributed by atoms with Crippen LogP contribution in [0.3, 0.4) is 0 Å². The fourth-order valence-corrected chi connectivity index (χ4v) is 2.56. The lowest BCUT2D eigenvalue weighted by molar-refractivity contribution is -0.142. The van der Waals surface area contributed by atoms with Crippen LogP contribution in [0.5, 0.6) is 0 Å². The Morgan fingerprint density at radius 1 is 1.42 bits per heavy atom. The van der Waals surface area contributed by atoms with Crippen molar-refractivity contribution in [1.29, 1.82) is 0 Å². The summed E-state index contributed by atoms with van der Waals surface area (Å²) in [5.74, 6) is -1.31. The van der Waals surface area contributed by atoms with Crippen molar-refractivity contribution in [2.45, 2.75) is 24.8 Å². The van der Waals surface area contributed by atoms with Crippen LogP contribution in [0.4, 0.5) is 10.2 Å². The van der Waals surface area contributed by atoms with Gasteiger partial charge in [-0.2, -0.15) is 0 Å². The van der Waals surface area contributed by atoms with Crippen LogP contribution in [0.2, 0.25) is 0 Å². The van der Waals surface area contributed by atoms with Crippen LogP contribution >= 0.6 is 0 Å². The molecule has 6 nitrogen and oxygen atoms in total. The van der Waals surface area contributed by atoms with Crippen LogP contribution in [0, 0.1) is 5.82 Å². The number of nitrogens with one attached hydrogen (secondary N) is 1. The van der Waals surface area contributed by atoms with E-state index in [2.05, 4.69) is 10.3 Å². The summed E-state index contributed by atoms with van der Waals surface area (Å²) >= 11 is 0. The number of hydrogen-bond donors (Lipinski definition) is 1. The van der Waals surface area contributed by atoms with Gasteiger partial charge in [0, 0.05) is 25.0 Å². The molecule has 126 valence electrons. The van der Waals surface area contributed by atoms with E-state index in [1.807, 2.05) is 0 Å². The molecule has 7 heteroatoms. The van der Waals surface area contributed by atoms with Gasteiger partial charge in [0.2, 0.25) is 0 Å². The minimum absolute atomic E-state index is 0.134. The molecule has 0 amide bonds. The Kier molecular flexibility index (Phi) is 4.59.